The Balaban J connectivity index is 2.31. The fraction of sp³-hybridized carbons (Fsp3) is 0.462. The van der Waals surface area contributed by atoms with E-state index in [1.54, 1.807) is 7.11 Å². The molecule has 0 heterocycles. The van der Waals surface area contributed by atoms with E-state index in [0.29, 0.717) is 12.1 Å². The van der Waals surface area contributed by atoms with E-state index in [0.717, 1.165) is 25.1 Å². The van der Waals surface area contributed by atoms with Crippen LogP contribution in [0.3, 0.4) is 0 Å². The molecule has 94 valence electrons. The van der Waals surface area contributed by atoms with Crippen molar-refractivity contribution in [1.29, 1.82) is 0 Å². The smallest absolute Gasteiger partial charge is 0.251 e. The summed E-state index contributed by atoms with van der Waals surface area (Å²) in [5, 5.41) is 5.89. The van der Waals surface area contributed by atoms with Gasteiger partial charge >= 0.3 is 0 Å². The van der Waals surface area contributed by atoms with Crippen molar-refractivity contribution in [3.8, 4) is 0 Å². The number of benzene rings is 1. The highest BCUT2D eigenvalue weighted by molar-refractivity contribution is 5.94. The summed E-state index contributed by atoms with van der Waals surface area (Å²) in [6.45, 7) is 1.43. The molecule has 0 unspecified atom stereocenters. The number of methoxy groups -OCH3 is 1. The number of unbranched alkanes of at least 4 members (excludes halogenated alkanes) is 1. The summed E-state index contributed by atoms with van der Waals surface area (Å²) in [6, 6.07) is 7.41. The van der Waals surface area contributed by atoms with Gasteiger partial charge in [0.1, 0.15) is 0 Å². The number of anilines is 1. The first kappa shape index (κ1) is 13.5. The molecule has 0 atom stereocenters. The number of hydrogen-bond acceptors (Lipinski definition) is 3. The lowest BCUT2D eigenvalue weighted by Crippen LogP contribution is -2.24. The number of ether oxygens (including phenoxy) is 1. The topological polar surface area (TPSA) is 50.4 Å². The van der Waals surface area contributed by atoms with Crippen molar-refractivity contribution in [2.24, 2.45) is 0 Å². The van der Waals surface area contributed by atoms with E-state index >= 15 is 0 Å². The molecule has 0 radical (unpaired) electrons. The minimum atomic E-state index is -0.0231. The quantitative estimate of drug-likeness (QED) is 0.711. The molecule has 1 rings (SSSR count). The molecular weight excluding hydrogens is 216 g/mol. The summed E-state index contributed by atoms with van der Waals surface area (Å²) in [5.41, 5.74) is 1.69. The van der Waals surface area contributed by atoms with E-state index in [-0.39, 0.29) is 5.91 Å². The summed E-state index contributed by atoms with van der Waals surface area (Å²) < 4.78 is 4.94. The maximum absolute atomic E-state index is 11.7. The second-order valence-electron chi connectivity index (χ2n) is 3.78. The minimum Gasteiger partial charge on any atom is -0.388 e. The molecule has 4 heteroatoms. The van der Waals surface area contributed by atoms with Crippen molar-refractivity contribution in [2.45, 2.75) is 12.8 Å². The van der Waals surface area contributed by atoms with Gasteiger partial charge in [0.05, 0.1) is 0 Å². The van der Waals surface area contributed by atoms with Gasteiger partial charge in [0.2, 0.25) is 0 Å². The van der Waals surface area contributed by atoms with Crippen molar-refractivity contribution in [2.75, 3.05) is 32.6 Å². The normalized spacial score (nSPS) is 10.0. The van der Waals surface area contributed by atoms with Gasteiger partial charge in [-0.3, -0.25) is 4.79 Å². The third-order valence-corrected chi connectivity index (χ3v) is 2.50. The van der Waals surface area contributed by atoms with Crippen molar-refractivity contribution in [3.63, 3.8) is 0 Å². The van der Waals surface area contributed by atoms with E-state index in [1.807, 2.05) is 31.3 Å². The standard InChI is InChI=1S/C13H20N2O2/c1-14-12-7-5-11(6-8-12)13(16)15-9-3-4-10-17-2/h5-8,14H,3-4,9-10H2,1-2H3,(H,15,16). The molecule has 17 heavy (non-hydrogen) atoms. The molecule has 0 aliphatic heterocycles. The molecule has 4 nitrogen and oxygen atoms in total. The van der Waals surface area contributed by atoms with Gasteiger partial charge < -0.3 is 15.4 Å². The molecule has 1 aromatic carbocycles. The number of carbonyl (C=O) groups excluding carboxylic acids is 1. The predicted molar refractivity (Wildman–Crippen MR) is 69.4 cm³/mol. The maximum atomic E-state index is 11.7. The van der Waals surface area contributed by atoms with Crippen LogP contribution in [-0.2, 0) is 4.74 Å². The van der Waals surface area contributed by atoms with Gasteiger partial charge in [-0.2, -0.15) is 0 Å². The van der Waals surface area contributed by atoms with Gasteiger partial charge in [0.25, 0.3) is 5.91 Å². The molecular formula is C13H20N2O2. The zero-order valence-corrected chi connectivity index (χ0v) is 10.5. The maximum Gasteiger partial charge on any atom is 0.251 e. The van der Waals surface area contributed by atoms with Crippen LogP contribution < -0.4 is 10.6 Å². The van der Waals surface area contributed by atoms with E-state index in [4.69, 9.17) is 4.74 Å². The summed E-state index contributed by atoms with van der Waals surface area (Å²) in [6.07, 6.45) is 1.91. The fourth-order valence-corrected chi connectivity index (χ4v) is 1.46. The molecule has 0 bridgehead atoms. The molecule has 0 saturated carbocycles. The second kappa shape index (κ2) is 7.68. The molecule has 0 aliphatic carbocycles. The Bertz CT molecular complexity index is 336. The third kappa shape index (κ3) is 4.87. The average molecular weight is 236 g/mol. The molecule has 0 saturated heterocycles. The predicted octanol–water partition coefficient (Wildman–Crippen LogP) is 1.88. The monoisotopic (exact) mass is 236 g/mol. The summed E-state index contributed by atoms with van der Waals surface area (Å²) in [4.78, 5) is 11.7. The summed E-state index contributed by atoms with van der Waals surface area (Å²) >= 11 is 0. The Hall–Kier alpha value is -1.55. The van der Waals surface area contributed by atoms with Gasteiger partial charge in [-0.1, -0.05) is 0 Å². The van der Waals surface area contributed by atoms with Crippen LogP contribution in [-0.4, -0.2) is 33.2 Å². The van der Waals surface area contributed by atoms with E-state index < -0.39 is 0 Å². The van der Waals surface area contributed by atoms with Crippen molar-refractivity contribution in [1.82, 2.24) is 5.32 Å². The van der Waals surface area contributed by atoms with Crippen molar-refractivity contribution >= 4 is 11.6 Å². The first-order valence-corrected chi connectivity index (χ1v) is 5.83. The first-order valence-electron chi connectivity index (χ1n) is 5.83. The number of rotatable bonds is 7. The van der Waals surface area contributed by atoms with Gasteiger partial charge in [-0.05, 0) is 37.1 Å². The van der Waals surface area contributed by atoms with Crippen LogP contribution in [0.4, 0.5) is 5.69 Å². The highest BCUT2D eigenvalue weighted by Gasteiger charge is 2.03. The number of nitrogens with one attached hydrogen (secondary N) is 2. The Kier molecular flexibility index (Phi) is 6.10. The Morgan fingerprint density at radius 2 is 1.94 bits per heavy atom. The first-order chi connectivity index (χ1) is 8.27. The Morgan fingerprint density at radius 3 is 2.53 bits per heavy atom. The van der Waals surface area contributed by atoms with Crippen molar-refractivity contribution < 1.29 is 9.53 Å². The van der Waals surface area contributed by atoms with Gasteiger partial charge in [0.15, 0.2) is 0 Å². The average Bonchev–Trinajstić information content (AvgIpc) is 2.38. The lowest BCUT2D eigenvalue weighted by molar-refractivity contribution is 0.0951. The van der Waals surface area contributed by atoms with Crippen LogP contribution in [0.15, 0.2) is 24.3 Å². The minimum absolute atomic E-state index is 0.0231. The van der Waals surface area contributed by atoms with Crippen LogP contribution in [0.25, 0.3) is 0 Å². The van der Waals surface area contributed by atoms with E-state index in [2.05, 4.69) is 10.6 Å². The second-order valence-corrected chi connectivity index (χ2v) is 3.78. The SMILES string of the molecule is CNc1ccc(C(=O)NCCCCOC)cc1. The van der Waals surface area contributed by atoms with Crippen LogP contribution in [0.5, 0.6) is 0 Å². The van der Waals surface area contributed by atoms with Gasteiger partial charge in [-0.25, -0.2) is 0 Å². The molecule has 1 aromatic rings. The number of hydrogen-bond donors (Lipinski definition) is 2. The summed E-state index contributed by atoms with van der Waals surface area (Å²) in [5.74, 6) is -0.0231. The van der Waals surface area contributed by atoms with Crippen LogP contribution in [0.1, 0.15) is 23.2 Å². The van der Waals surface area contributed by atoms with Crippen LogP contribution >= 0.6 is 0 Å². The molecule has 0 fully saturated rings. The largest absolute Gasteiger partial charge is 0.388 e. The molecule has 1 amide bonds. The lowest BCUT2D eigenvalue weighted by atomic mass is 10.2. The third-order valence-electron chi connectivity index (χ3n) is 2.50. The fourth-order valence-electron chi connectivity index (χ4n) is 1.46. The highest BCUT2D eigenvalue weighted by Crippen LogP contribution is 2.08. The molecule has 2 N–H and O–H groups in total. The van der Waals surface area contributed by atoms with Gasteiger partial charge in [-0.15, -0.1) is 0 Å². The molecule has 0 spiro atoms. The van der Waals surface area contributed by atoms with Crippen LogP contribution in [0.2, 0.25) is 0 Å². The highest BCUT2D eigenvalue weighted by atomic mass is 16.5. The van der Waals surface area contributed by atoms with Crippen molar-refractivity contribution in [3.05, 3.63) is 29.8 Å². The molecule has 0 aromatic heterocycles. The Morgan fingerprint density at radius 1 is 1.24 bits per heavy atom. The zero-order chi connectivity index (χ0) is 12.5. The van der Waals surface area contributed by atoms with Gasteiger partial charge in [0, 0.05) is 38.6 Å². The number of carbonyl (C=O) groups is 1. The zero-order valence-electron chi connectivity index (χ0n) is 10.5. The van der Waals surface area contributed by atoms with E-state index in [1.165, 1.54) is 0 Å². The van der Waals surface area contributed by atoms with E-state index in [9.17, 15) is 4.79 Å². The lowest BCUT2D eigenvalue weighted by Gasteiger charge is -2.06. The number of amides is 1. The summed E-state index contributed by atoms with van der Waals surface area (Å²) in [7, 11) is 3.53. The van der Waals surface area contributed by atoms with Crippen LogP contribution in [0, 0.1) is 0 Å². The molecule has 0 aliphatic rings. The Labute approximate surface area is 102 Å².